The Hall–Kier alpha value is -1.11. The highest BCUT2D eigenvalue weighted by Crippen LogP contribution is 2.16. The van der Waals surface area contributed by atoms with Crippen molar-refractivity contribution < 1.29 is 13.2 Å². The van der Waals surface area contributed by atoms with Crippen molar-refractivity contribution in [3.63, 3.8) is 0 Å². The topological polar surface area (TPSA) is 80.5 Å². The smallest absolute Gasteiger partial charge is 0.241 e. The zero-order valence-electron chi connectivity index (χ0n) is 8.55. The van der Waals surface area contributed by atoms with Crippen LogP contribution in [0, 0.1) is 0 Å². The van der Waals surface area contributed by atoms with Gasteiger partial charge in [-0.15, -0.1) is 11.6 Å². The van der Waals surface area contributed by atoms with Crippen molar-refractivity contribution in [2.24, 2.45) is 5.14 Å². The van der Waals surface area contributed by atoms with Crippen molar-refractivity contribution in [1.29, 1.82) is 0 Å². The Labute approximate surface area is 98.9 Å². The van der Waals surface area contributed by atoms with Gasteiger partial charge in [0.1, 0.15) is 5.88 Å². The molecular weight excluding hydrogens is 252 g/mol. The molecule has 0 atom stereocenters. The average Bonchev–Trinajstić information content (AvgIpc) is 2.26. The number of halogens is 1. The number of primary sulfonamides is 1. The second kappa shape index (κ2) is 4.82. The van der Waals surface area contributed by atoms with Gasteiger partial charge >= 0.3 is 0 Å². The van der Waals surface area contributed by atoms with Crippen LogP contribution >= 0.6 is 11.6 Å². The zero-order valence-corrected chi connectivity index (χ0v) is 10.1. The van der Waals surface area contributed by atoms with Gasteiger partial charge in [0.2, 0.25) is 15.9 Å². The summed E-state index contributed by atoms with van der Waals surface area (Å²) < 4.78 is 22.0. The number of rotatable bonds is 3. The Kier molecular flexibility index (Phi) is 3.90. The highest BCUT2D eigenvalue weighted by atomic mass is 35.5. The zero-order chi connectivity index (χ0) is 12.3. The van der Waals surface area contributed by atoms with Crippen molar-refractivity contribution >= 4 is 33.2 Å². The van der Waals surface area contributed by atoms with E-state index in [1.54, 1.807) is 7.05 Å². The minimum absolute atomic E-state index is 0.00275. The molecule has 0 saturated carbocycles. The summed E-state index contributed by atoms with van der Waals surface area (Å²) in [5, 5.41) is 4.94. The van der Waals surface area contributed by atoms with E-state index in [4.69, 9.17) is 16.7 Å². The van der Waals surface area contributed by atoms with E-state index in [2.05, 4.69) is 0 Å². The molecule has 0 saturated heterocycles. The van der Waals surface area contributed by atoms with E-state index in [-0.39, 0.29) is 16.7 Å². The predicted molar refractivity (Wildman–Crippen MR) is 61.9 cm³/mol. The van der Waals surface area contributed by atoms with Crippen LogP contribution in [0.2, 0.25) is 0 Å². The van der Waals surface area contributed by atoms with Gasteiger partial charge < -0.3 is 4.90 Å². The monoisotopic (exact) mass is 262 g/mol. The van der Waals surface area contributed by atoms with Crippen LogP contribution < -0.4 is 10.0 Å². The number of nitrogens with zero attached hydrogens (tertiary/aromatic N) is 1. The third-order valence-electron chi connectivity index (χ3n) is 2.04. The molecule has 1 aromatic carbocycles. The van der Waals surface area contributed by atoms with Gasteiger partial charge in [-0.2, -0.15) is 0 Å². The molecule has 1 aromatic rings. The van der Waals surface area contributed by atoms with Crippen molar-refractivity contribution in [1.82, 2.24) is 0 Å². The summed E-state index contributed by atoms with van der Waals surface area (Å²) in [5.41, 5.74) is 0.554. The number of anilines is 1. The summed E-state index contributed by atoms with van der Waals surface area (Å²) in [4.78, 5) is 12.6. The second-order valence-corrected chi connectivity index (χ2v) is 4.95. The van der Waals surface area contributed by atoms with Gasteiger partial charge in [0.15, 0.2) is 0 Å². The van der Waals surface area contributed by atoms with Crippen LogP contribution in [0.3, 0.4) is 0 Å². The lowest BCUT2D eigenvalue weighted by atomic mass is 10.3. The third kappa shape index (κ3) is 2.94. The average molecular weight is 263 g/mol. The first-order valence-electron chi connectivity index (χ1n) is 4.31. The molecule has 0 aliphatic heterocycles. The normalized spacial score (nSPS) is 11.2. The molecule has 0 aliphatic carbocycles. The number of carbonyl (C=O) groups excluding carboxylic acids is 1. The maximum absolute atomic E-state index is 11.2. The largest absolute Gasteiger partial charge is 0.314 e. The first-order chi connectivity index (χ1) is 7.36. The van der Waals surface area contributed by atoms with Crippen LogP contribution in [0.25, 0.3) is 0 Å². The Morgan fingerprint density at radius 3 is 2.25 bits per heavy atom. The molecule has 1 amide bonds. The number of amides is 1. The Balaban J connectivity index is 3.00. The Bertz CT molecular complexity index is 484. The third-order valence-corrected chi connectivity index (χ3v) is 3.20. The number of alkyl halides is 1. The van der Waals surface area contributed by atoms with Crippen molar-refractivity contribution in [3.8, 4) is 0 Å². The van der Waals surface area contributed by atoms with E-state index in [0.29, 0.717) is 5.69 Å². The molecule has 88 valence electrons. The summed E-state index contributed by atoms with van der Waals surface area (Å²) in [6.07, 6.45) is 0. The lowest BCUT2D eigenvalue weighted by molar-refractivity contribution is -0.116. The standard InChI is InChI=1S/C9H11ClN2O3S/c1-12(9(13)6-10)7-2-4-8(5-3-7)16(11,14)15/h2-5H,6H2,1H3,(H2,11,14,15). The van der Waals surface area contributed by atoms with Crippen LogP contribution in [0.5, 0.6) is 0 Å². The summed E-state index contributed by atoms with van der Waals surface area (Å²) in [7, 11) is -2.15. The fourth-order valence-electron chi connectivity index (χ4n) is 1.09. The van der Waals surface area contributed by atoms with E-state index in [9.17, 15) is 13.2 Å². The quantitative estimate of drug-likeness (QED) is 0.807. The van der Waals surface area contributed by atoms with Crippen molar-refractivity contribution in [2.75, 3.05) is 17.8 Å². The summed E-state index contributed by atoms with van der Waals surface area (Å²) in [6, 6.07) is 5.65. The molecule has 2 N–H and O–H groups in total. The first kappa shape index (κ1) is 13.0. The first-order valence-corrected chi connectivity index (χ1v) is 6.39. The van der Waals surface area contributed by atoms with Crippen molar-refractivity contribution in [2.45, 2.75) is 4.90 Å². The molecular formula is C9H11ClN2O3S. The van der Waals surface area contributed by atoms with Crippen LogP contribution in [0.15, 0.2) is 29.2 Å². The Morgan fingerprint density at radius 2 is 1.88 bits per heavy atom. The van der Waals surface area contributed by atoms with E-state index in [1.165, 1.54) is 29.2 Å². The number of hydrogen-bond donors (Lipinski definition) is 1. The van der Waals surface area contributed by atoms with Gasteiger partial charge in [-0.05, 0) is 24.3 Å². The molecule has 7 heteroatoms. The van der Waals surface area contributed by atoms with E-state index >= 15 is 0 Å². The van der Waals surface area contributed by atoms with E-state index in [1.807, 2.05) is 0 Å². The van der Waals surface area contributed by atoms with Gasteiger partial charge in [0, 0.05) is 12.7 Å². The molecule has 0 spiro atoms. The molecule has 1 rings (SSSR count). The molecule has 16 heavy (non-hydrogen) atoms. The van der Waals surface area contributed by atoms with Crippen LogP contribution in [0.1, 0.15) is 0 Å². The summed E-state index contributed by atoms with van der Waals surface area (Å²) in [5.74, 6) is -0.405. The van der Waals surface area contributed by atoms with Gasteiger partial charge in [-0.25, -0.2) is 13.6 Å². The molecule has 5 nitrogen and oxygen atoms in total. The molecule has 0 unspecified atom stereocenters. The lowest BCUT2D eigenvalue weighted by Gasteiger charge is -2.15. The fraction of sp³-hybridized carbons (Fsp3) is 0.222. The van der Waals surface area contributed by atoms with Crippen LogP contribution in [-0.4, -0.2) is 27.3 Å². The fourth-order valence-corrected chi connectivity index (χ4v) is 1.79. The van der Waals surface area contributed by atoms with Crippen LogP contribution in [-0.2, 0) is 14.8 Å². The molecule has 0 aliphatic rings. The molecule has 0 radical (unpaired) electrons. The van der Waals surface area contributed by atoms with Gasteiger partial charge in [0.05, 0.1) is 4.90 Å². The maximum atomic E-state index is 11.2. The van der Waals surface area contributed by atoms with Crippen LogP contribution in [0.4, 0.5) is 5.69 Å². The SMILES string of the molecule is CN(C(=O)CCl)c1ccc(S(N)(=O)=O)cc1. The molecule has 0 fully saturated rings. The number of carbonyl (C=O) groups is 1. The number of benzene rings is 1. The van der Waals surface area contributed by atoms with Gasteiger partial charge in [-0.1, -0.05) is 0 Å². The number of sulfonamides is 1. The second-order valence-electron chi connectivity index (χ2n) is 3.13. The minimum atomic E-state index is -3.70. The maximum Gasteiger partial charge on any atom is 0.241 e. The minimum Gasteiger partial charge on any atom is -0.314 e. The number of nitrogens with two attached hydrogens (primary N) is 1. The summed E-state index contributed by atoms with van der Waals surface area (Å²) >= 11 is 5.39. The van der Waals surface area contributed by atoms with Gasteiger partial charge in [0.25, 0.3) is 0 Å². The lowest BCUT2D eigenvalue weighted by Crippen LogP contribution is -2.27. The van der Waals surface area contributed by atoms with Crippen molar-refractivity contribution in [3.05, 3.63) is 24.3 Å². The highest BCUT2D eigenvalue weighted by molar-refractivity contribution is 7.89. The van der Waals surface area contributed by atoms with Gasteiger partial charge in [-0.3, -0.25) is 4.79 Å². The Morgan fingerprint density at radius 1 is 1.38 bits per heavy atom. The summed E-state index contributed by atoms with van der Waals surface area (Å²) in [6.45, 7) is 0. The van der Waals surface area contributed by atoms with E-state index < -0.39 is 10.0 Å². The highest BCUT2D eigenvalue weighted by Gasteiger charge is 2.11. The number of hydrogen-bond acceptors (Lipinski definition) is 3. The van der Waals surface area contributed by atoms with E-state index in [0.717, 1.165) is 0 Å². The molecule has 0 heterocycles. The molecule has 0 bridgehead atoms. The predicted octanol–water partition coefficient (Wildman–Crippen LogP) is 0.536. The molecule has 0 aromatic heterocycles.